The van der Waals surface area contributed by atoms with Crippen LogP contribution in [0.1, 0.15) is 50.1 Å². The Morgan fingerprint density at radius 3 is 2.96 bits per heavy atom. The van der Waals surface area contributed by atoms with Crippen molar-refractivity contribution in [3.8, 4) is 11.3 Å². The molecule has 0 radical (unpaired) electrons. The van der Waals surface area contributed by atoms with E-state index in [0.717, 1.165) is 30.9 Å². The normalized spacial score (nSPS) is 38.1. The highest BCUT2D eigenvalue weighted by atomic mass is 16.3. The third kappa shape index (κ3) is 1.49. The molecule has 1 N–H and O–H groups in total. The van der Waals surface area contributed by atoms with Crippen LogP contribution in [0.25, 0.3) is 11.3 Å². The summed E-state index contributed by atoms with van der Waals surface area (Å²) in [4.78, 5) is 17.9. The number of carbonyl (C=O) groups is 1. The number of aliphatic hydroxyl groups is 1. The van der Waals surface area contributed by atoms with E-state index in [4.69, 9.17) is 0 Å². The van der Waals surface area contributed by atoms with Crippen LogP contribution in [-0.4, -0.2) is 27.0 Å². The van der Waals surface area contributed by atoms with Crippen LogP contribution < -0.4 is 0 Å². The van der Waals surface area contributed by atoms with Crippen LogP contribution in [-0.2, 0) is 4.79 Å². The number of aliphatic hydroxyl groups excluding tert-OH is 1. The predicted molar refractivity (Wildman–Crippen MR) is 97.4 cm³/mol. The molecule has 4 aliphatic rings. The lowest BCUT2D eigenvalue weighted by Gasteiger charge is -2.81. The van der Waals surface area contributed by atoms with E-state index in [2.05, 4.69) is 33.8 Å². The van der Waals surface area contributed by atoms with E-state index < -0.39 is 0 Å². The van der Waals surface area contributed by atoms with Crippen molar-refractivity contribution >= 4 is 5.78 Å². The summed E-state index contributed by atoms with van der Waals surface area (Å²) in [5, 5.41) is 9.41. The van der Waals surface area contributed by atoms with Gasteiger partial charge in [-0.3, -0.25) is 4.79 Å². The number of ketones is 1. The lowest BCUT2D eigenvalue weighted by atomic mass is 9.21. The largest absolute Gasteiger partial charge is 0.396 e. The standard InChI is InChI=1S/C22H24N2O2/c25-8-6-15-11-21(10-14-5-7-22(14,15)21)20(26)9-18-16-3-1-2-4-17(16)19-12-23-13-24(18)19/h1-4,12-15,18,25H,5-11H2. The minimum atomic E-state index is -0.0754. The lowest BCUT2D eigenvalue weighted by Crippen LogP contribution is -2.78. The number of rotatable bonds is 5. The van der Waals surface area contributed by atoms with Gasteiger partial charge in [0.25, 0.3) is 0 Å². The molecule has 0 amide bonds. The van der Waals surface area contributed by atoms with Crippen LogP contribution in [0.4, 0.5) is 0 Å². The van der Waals surface area contributed by atoms with Crippen LogP contribution in [0, 0.1) is 22.7 Å². The van der Waals surface area contributed by atoms with Crippen LogP contribution >= 0.6 is 0 Å². The fraction of sp³-hybridized carbons (Fsp3) is 0.545. The van der Waals surface area contributed by atoms with E-state index in [-0.39, 0.29) is 23.5 Å². The van der Waals surface area contributed by atoms with Gasteiger partial charge in [-0.1, -0.05) is 24.3 Å². The highest BCUT2D eigenvalue weighted by molar-refractivity contribution is 5.90. The maximum atomic E-state index is 13.5. The zero-order valence-electron chi connectivity index (χ0n) is 14.9. The van der Waals surface area contributed by atoms with Gasteiger partial charge < -0.3 is 9.67 Å². The van der Waals surface area contributed by atoms with Gasteiger partial charge in [0.05, 0.1) is 24.3 Å². The van der Waals surface area contributed by atoms with E-state index in [0.29, 0.717) is 18.1 Å². The number of hydrogen-bond acceptors (Lipinski definition) is 3. The van der Waals surface area contributed by atoms with E-state index >= 15 is 0 Å². The smallest absolute Gasteiger partial charge is 0.142 e. The first-order valence-electron chi connectivity index (χ1n) is 9.96. The second-order valence-corrected chi connectivity index (χ2v) is 8.89. The number of benzene rings is 1. The van der Waals surface area contributed by atoms with Gasteiger partial charge in [-0.05, 0) is 54.9 Å². The monoisotopic (exact) mass is 348 g/mol. The molecule has 5 unspecified atom stereocenters. The zero-order valence-corrected chi connectivity index (χ0v) is 14.9. The minimum Gasteiger partial charge on any atom is -0.396 e. The molecule has 4 nitrogen and oxygen atoms in total. The SMILES string of the molecule is O=C(CC1c2ccccc2-c2cncn21)C12CC(CCO)C13CCC3C2. The van der Waals surface area contributed by atoms with E-state index in [9.17, 15) is 9.90 Å². The second kappa shape index (κ2) is 4.86. The molecule has 6 rings (SSSR count). The molecule has 1 aromatic heterocycles. The molecule has 1 spiro atoms. The number of Topliss-reactive ketones (excluding diaryl/α,β-unsaturated/α-hetero) is 1. The Labute approximate surface area is 153 Å². The molecule has 1 aromatic carbocycles. The Balaban J connectivity index is 1.31. The maximum absolute atomic E-state index is 13.5. The summed E-state index contributed by atoms with van der Waals surface area (Å²) in [6.45, 7) is 0.262. The molecule has 134 valence electrons. The molecular weight excluding hydrogens is 324 g/mol. The maximum Gasteiger partial charge on any atom is 0.142 e. The average molecular weight is 348 g/mol. The summed E-state index contributed by atoms with van der Waals surface area (Å²) in [5.74, 6) is 1.78. The van der Waals surface area contributed by atoms with Crippen LogP contribution in [0.2, 0.25) is 0 Å². The Bertz CT molecular complexity index is 918. The van der Waals surface area contributed by atoms with Gasteiger partial charge in [0.1, 0.15) is 5.78 Å². The highest BCUT2D eigenvalue weighted by Crippen LogP contribution is 2.84. The third-order valence-electron chi connectivity index (χ3n) is 8.43. The molecule has 4 heteroatoms. The molecule has 2 heterocycles. The molecule has 1 aliphatic heterocycles. The van der Waals surface area contributed by atoms with Crippen molar-refractivity contribution in [2.24, 2.45) is 22.7 Å². The first-order chi connectivity index (χ1) is 12.7. The second-order valence-electron chi connectivity index (χ2n) is 8.89. The van der Waals surface area contributed by atoms with Gasteiger partial charge in [-0.2, -0.15) is 0 Å². The zero-order chi connectivity index (χ0) is 17.5. The number of nitrogens with zero attached hydrogens (tertiary/aromatic N) is 2. The van der Waals surface area contributed by atoms with Crippen LogP contribution in [0.3, 0.4) is 0 Å². The van der Waals surface area contributed by atoms with Crippen molar-refractivity contribution in [2.45, 2.75) is 44.6 Å². The van der Waals surface area contributed by atoms with Gasteiger partial charge in [0, 0.05) is 24.0 Å². The molecule has 5 atom stereocenters. The Hall–Kier alpha value is -1.94. The molecular formula is C22H24N2O2. The molecule has 0 bridgehead atoms. The molecule has 2 aromatic rings. The van der Waals surface area contributed by atoms with Gasteiger partial charge in [0.15, 0.2) is 0 Å². The average Bonchev–Trinajstić information content (AvgIpc) is 3.19. The van der Waals surface area contributed by atoms with Crippen molar-refractivity contribution in [1.82, 2.24) is 9.55 Å². The predicted octanol–water partition coefficient (Wildman–Crippen LogP) is 3.60. The quantitative estimate of drug-likeness (QED) is 0.898. The number of imidazole rings is 1. The third-order valence-corrected chi connectivity index (χ3v) is 8.43. The summed E-state index contributed by atoms with van der Waals surface area (Å²) >= 11 is 0. The number of aromatic nitrogens is 2. The summed E-state index contributed by atoms with van der Waals surface area (Å²) in [5.41, 5.74) is 3.79. The Morgan fingerprint density at radius 2 is 2.19 bits per heavy atom. The van der Waals surface area contributed by atoms with E-state index in [1.54, 1.807) is 0 Å². The fourth-order valence-electron chi connectivity index (χ4n) is 7.24. The first kappa shape index (κ1) is 15.2. The van der Waals surface area contributed by atoms with Gasteiger partial charge >= 0.3 is 0 Å². The summed E-state index contributed by atoms with van der Waals surface area (Å²) in [6.07, 6.45) is 9.84. The summed E-state index contributed by atoms with van der Waals surface area (Å²) in [6, 6.07) is 8.53. The highest BCUT2D eigenvalue weighted by Gasteiger charge is 2.80. The summed E-state index contributed by atoms with van der Waals surface area (Å²) in [7, 11) is 0. The molecule has 3 aliphatic carbocycles. The van der Waals surface area contributed by atoms with Crippen LogP contribution in [0.15, 0.2) is 36.8 Å². The molecule has 26 heavy (non-hydrogen) atoms. The lowest BCUT2D eigenvalue weighted by molar-refractivity contribution is -0.317. The fourth-order valence-corrected chi connectivity index (χ4v) is 7.24. The van der Waals surface area contributed by atoms with Crippen molar-refractivity contribution in [1.29, 1.82) is 0 Å². The van der Waals surface area contributed by atoms with Gasteiger partial charge in [-0.15, -0.1) is 0 Å². The van der Waals surface area contributed by atoms with Gasteiger partial charge in [0.2, 0.25) is 0 Å². The van der Waals surface area contributed by atoms with Crippen LogP contribution in [0.5, 0.6) is 0 Å². The van der Waals surface area contributed by atoms with Crippen molar-refractivity contribution < 1.29 is 9.90 Å². The Kier molecular flexibility index (Phi) is 2.83. The topological polar surface area (TPSA) is 55.1 Å². The Morgan fingerprint density at radius 1 is 1.31 bits per heavy atom. The van der Waals surface area contributed by atoms with Crippen molar-refractivity contribution in [3.63, 3.8) is 0 Å². The van der Waals surface area contributed by atoms with E-state index in [1.165, 1.54) is 24.0 Å². The minimum absolute atomic E-state index is 0.0754. The number of hydrogen-bond donors (Lipinski definition) is 1. The molecule has 0 saturated heterocycles. The molecule has 3 saturated carbocycles. The van der Waals surface area contributed by atoms with E-state index in [1.807, 2.05) is 12.5 Å². The van der Waals surface area contributed by atoms with Crippen molar-refractivity contribution in [2.75, 3.05) is 6.61 Å². The summed E-state index contributed by atoms with van der Waals surface area (Å²) < 4.78 is 2.19. The van der Waals surface area contributed by atoms with Crippen molar-refractivity contribution in [3.05, 3.63) is 42.4 Å². The van der Waals surface area contributed by atoms with Gasteiger partial charge in [-0.25, -0.2) is 4.98 Å². The number of carbonyl (C=O) groups excluding carboxylic acids is 1. The first-order valence-corrected chi connectivity index (χ1v) is 9.96. The number of fused-ring (bicyclic) bond motifs is 3. The molecule has 3 fully saturated rings.